The molecule has 0 aromatic carbocycles. The molecule has 0 atom stereocenters. The maximum atomic E-state index is 11.2. The van der Waals surface area contributed by atoms with Crippen molar-refractivity contribution in [1.29, 1.82) is 0 Å². The summed E-state index contributed by atoms with van der Waals surface area (Å²) in [5, 5.41) is 10.2. The molecule has 0 unspecified atom stereocenters. The number of hydrogen-bond acceptors (Lipinski definition) is 2. The highest BCUT2D eigenvalue weighted by molar-refractivity contribution is 5.91. The second-order valence-corrected chi connectivity index (χ2v) is 4.23. The van der Waals surface area contributed by atoms with Crippen molar-refractivity contribution < 1.29 is 9.90 Å². The van der Waals surface area contributed by atoms with E-state index in [0.717, 1.165) is 44.1 Å². The van der Waals surface area contributed by atoms with Crippen LogP contribution < -0.4 is 0 Å². The van der Waals surface area contributed by atoms with Gasteiger partial charge in [-0.25, -0.2) is 0 Å². The summed E-state index contributed by atoms with van der Waals surface area (Å²) in [4.78, 5) is 11.2. The van der Waals surface area contributed by atoms with Crippen LogP contribution in [0.2, 0.25) is 0 Å². The number of carbonyl (C=O) groups is 1. The monoisotopic (exact) mass is 180 g/mol. The van der Waals surface area contributed by atoms with E-state index in [-0.39, 0.29) is 5.78 Å². The van der Waals surface area contributed by atoms with E-state index in [1.807, 2.05) is 0 Å². The first-order valence-corrected chi connectivity index (χ1v) is 5.17. The van der Waals surface area contributed by atoms with Crippen LogP contribution in [0, 0.1) is 0 Å². The molecule has 1 fully saturated rings. The van der Waals surface area contributed by atoms with Crippen molar-refractivity contribution in [3.05, 3.63) is 11.6 Å². The van der Waals surface area contributed by atoms with Gasteiger partial charge in [-0.15, -0.1) is 0 Å². The van der Waals surface area contributed by atoms with Gasteiger partial charge in [-0.2, -0.15) is 0 Å². The number of allylic oxidation sites excluding steroid dienone is 1. The van der Waals surface area contributed by atoms with Crippen LogP contribution in [0.5, 0.6) is 0 Å². The van der Waals surface area contributed by atoms with Crippen LogP contribution >= 0.6 is 0 Å². The SMILES string of the molecule is O=C1C=C(C2(O)CCCC2)CCC1. The molecule has 2 rings (SSSR count). The van der Waals surface area contributed by atoms with Gasteiger partial charge in [0, 0.05) is 6.42 Å². The van der Waals surface area contributed by atoms with E-state index >= 15 is 0 Å². The third kappa shape index (κ3) is 1.68. The average molecular weight is 180 g/mol. The zero-order valence-electron chi connectivity index (χ0n) is 7.88. The third-order valence-corrected chi connectivity index (χ3v) is 3.23. The summed E-state index contributed by atoms with van der Waals surface area (Å²) in [6.07, 6.45) is 8.10. The van der Waals surface area contributed by atoms with Crippen LogP contribution in [0.3, 0.4) is 0 Å². The van der Waals surface area contributed by atoms with Crippen molar-refractivity contribution in [2.75, 3.05) is 0 Å². The number of carbonyl (C=O) groups excluding carboxylic acids is 1. The molecule has 2 nitrogen and oxygen atoms in total. The Morgan fingerprint density at radius 3 is 2.46 bits per heavy atom. The van der Waals surface area contributed by atoms with Crippen molar-refractivity contribution in [1.82, 2.24) is 0 Å². The van der Waals surface area contributed by atoms with Crippen molar-refractivity contribution in [3.8, 4) is 0 Å². The minimum Gasteiger partial charge on any atom is -0.386 e. The fraction of sp³-hybridized carbons (Fsp3) is 0.727. The minimum absolute atomic E-state index is 0.196. The summed E-state index contributed by atoms with van der Waals surface area (Å²) in [5.41, 5.74) is 0.386. The Kier molecular flexibility index (Phi) is 2.24. The Labute approximate surface area is 78.6 Å². The van der Waals surface area contributed by atoms with E-state index in [2.05, 4.69) is 0 Å². The van der Waals surface area contributed by atoms with Crippen LogP contribution in [0.15, 0.2) is 11.6 Å². The molecule has 0 radical (unpaired) electrons. The molecule has 72 valence electrons. The van der Waals surface area contributed by atoms with Gasteiger partial charge in [0.25, 0.3) is 0 Å². The van der Waals surface area contributed by atoms with E-state index in [0.29, 0.717) is 6.42 Å². The van der Waals surface area contributed by atoms with Crippen molar-refractivity contribution in [2.24, 2.45) is 0 Å². The molecule has 2 aliphatic carbocycles. The Morgan fingerprint density at radius 1 is 1.15 bits per heavy atom. The highest BCUT2D eigenvalue weighted by Crippen LogP contribution is 2.39. The lowest BCUT2D eigenvalue weighted by atomic mass is 9.84. The molecule has 0 bridgehead atoms. The number of aliphatic hydroxyl groups is 1. The van der Waals surface area contributed by atoms with Crippen LogP contribution in [0.4, 0.5) is 0 Å². The average Bonchev–Trinajstić information content (AvgIpc) is 2.54. The standard InChI is InChI=1S/C11H16O2/c12-10-5-3-4-9(8-10)11(13)6-1-2-7-11/h8,13H,1-7H2. The van der Waals surface area contributed by atoms with Gasteiger partial charge in [-0.1, -0.05) is 12.8 Å². The van der Waals surface area contributed by atoms with Gasteiger partial charge in [-0.05, 0) is 37.3 Å². The second kappa shape index (κ2) is 3.26. The Bertz CT molecular complexity index is 247. The number of hydrogen-bond donors (Lipinski definition) is 1. The van der Waals surface area contributed by atoms with Gasteiger partial charge in [0.2, 0.25) is 0 Å². The van der Waals surface area contributed by atoms with E-state index in [4.69, 9.17) is 0 Å². The normalized spacial score (nSPS) is 27.5. The second-order valence-electron chi connectivity index (χ2n) is 4.23. The quantitative estimate of drug-likeness (QED) is 0.670. The maximum Gasteiger partial charge on any atom is 0.155 e. The highest BCUT2D eigenvalue weighted by Gasteiger charge is 2.35. The first-order valence-electron chi connectivity index (χ1n) is 5.17. The maximum absolute atomic E-state index is 11.2. The molecular weight excluding hydrogens is 164 g/mol. The van der Waals surface area contributed by atoms with Crippen LogP contribution in [-0.4, -0.2) is 16.5 Å². The molecule has 0 heterocycles. The number of ketones is 1. The van der Waals surface area contributed by atoms with Crippen LogP contribution in [-0.2, 0) is 4.79 Å². The van der Waals surface area contributed by atoms with Crippen molar-refractivity contribution >= 4 is 5.78 Å². The van der Waals surface area contributed by atoms with Gasteiger partial charge in [-0.3, -0.25) is 4.79 Å². The fourth-order valence-corrected chi connectivity index (χ4v) is 2.44. The van der Waals surface area contributed by atoms with Gasteiger partial charge >= 0.3 is 0 Å². The largest absolute Gasteiger partial charge is 0.386 e. The molecule has 1 saturated carbocycles. The van der Waals surface area contributed by atoms with E-state index in [9.17, 15) is 9.90 Å². The highest BCUT2D eigenvalue weighted by atomic mass is 16.3. The Hall–Kier alpha value is -0.630. The predicted octanol–water partition coefficient (Wildman–Crippen LogP) is 1.97. The molecule has 1 N–H and O–H groups in total. The number of rotatable bonds is 1. The van der Waals surface area contributed by atoms with Crippen LogP contribution in [0.25, 0.3) is 0 Å². The first kappa shape index (κ1) is 8.95. The van der Waals surface area contributed by atoms with Crippen molar-refractivity contribution in [2.45, 2.75) is 50.5 Å². The molecule has 0 spiro atoms. The van der Waals surface area contributed by atoms with Gasteiger partial charge in [0.05, 0.1) is 5.60 Å². The lowest BCUT2D eigenvalue weighted by Crippen LogP contribution is -2.29. The Balaban J connectivity index is 2.18. The molecule has 0 amide bonds. The van der Waals surface area contributed by atoms with Crippen LogP contribution in [0.1, 0.15) is 44.9 Å². The van der Waals surface area contributed by atoms with E-state index < -0.39 is 5.60 Å². The van der Waals surface area contributed by atoms with E-state index in [1.165, 1.54) is 0 Å². The van der Waals surface area contributed by atoms with Gasteiger partial charge < -0.3 is 5.11 Å². The smallest absolute Gasteiger partial charge is 0.155 e. The summed E-state index contributed by atoms with van der Waals surface area (Å²) in [6.45, 7) is 0. The summed E-state index contributed by atoms with van der Waals surface area (Å²) >= 11 is 0. The minimum atomic E-state index is -0.615. The molecule has 2 aliphatic rings. The molecule has 0 aromatic rings. The lowest BCUT2D eigenvalue weighted by Gasteiger charge is -2.27. The molecule has 0 saturated heterocycles. The predicted molar refractivity (Wildman–Crippen MR) is 50.4 cm³/mol. The molecule has 2 heteroatoms. The summed E-state index contributed by atoms with van der Waals surface area (Å²) < 4.78 is 0. The Morgan fingerprint density at radius 2 is 1.85 bits per heavy atom. The summed E-state index contributed by atoms with van der Waals surface area (Å²) in [7, 11) is 0. The van der Waals surface area contributed by atoms with E-state index in [1.54, 1.807) is 6.08 Å². The molecule has 0 aromatic heterocycles. The summed E-state index contributed by atoms with van der Waals surface area (Å²) in [5.74, 6) is 0.196. The van der Waals surface area contributed by atoms with Gasteiger partial charge in [0.1, 0.15) is 0 Å². The molecular formula is C11H16O2. The zero-order valence-corrected chi connectivity index (χ0v) is 7.88. The van der Waals surface area contributed by atoms with Crippen molar-refractivity contribution in [3.63, 3.8) is 0 Å². The first-order chi connectivity index (χ1) is 6.21. The summed E-state index contributed by atoms with van der Waals surface area (Å²) in [6, 6.07) is 0. The zero-order chi connectivity index (χ0) is 9.31. The fourth-order valence-electron chi connectivity index (χ4n) is 2.44. The molecule has 0 aliphatic heterocycles. The lowest BCUT2D eigenvalue weighted by molar-refractivity contribution is -0.115. The topological polar surface area (TPSA) is 37.3 Å². The molecule has 13 heavy (non-hydrogen) atoms. The third-order valence-electron chi connectivity index (χ3n) is 3.23. The van der Waals surface area contributed by atoms with Gasteiger partial charge in [0.15, 0.2) is 5.78 Å².